The SMILES string of the molecule is NC(CC(=O)O)c1ccc(C(F)F)nc1. The van der Waals surface area contributed by atoms with Crippen molar-refractivity contribution < 1.29 is 18.7 Å². The Kier molecular flexibility index (Phi) is 3.68. The molecule has 1 unspecified atom stereocenters. The van der Waals surface area contributed by atoms with Crippen LogP contribution in [0, 0.1) is 0 Å². The van der Waals surface area contributed by atoms with Crippen molar-refractivity contribution >= 4 is 5.97 Å². The molecule has 6 heteroatoms. The normalized spacial score (nSPS) is 12.8. The third-order valence-corrected chi connectivity index (χ3v) is 1.86. The maximum atomic E-state index is 12.1. The monoisotopic (exact) mass is 216 g/mol. The largest absolute Gasteiger partial charge is 0.481 e. The summed E-state index contributed by atoms with van der Waals surface area (Å²) in [7, 11) is 0. The first-order chi connectivity index (χ1) is 7.00. The summed E-state index contributed by atoms with van der Waals surface area (Å²) in [5, 5.41) is 8.47. The minimum Gasteiger partial charge on any atom is -0.481 e. The molecule has 1 aromatic heterocycles. The summed E-state index contributed by atoms with van der Waals surface area (Å²) in [5.74, 6) is -1.04. The molecule has 0 aliphatic carbocycles. The van der Waals surface area contributed by atoms with E-state index in [1.54, 1.807) is 0 Å². The van der Waals surface area contributed by atoms with Crippen LogP contribution in [0.25, 0.3) is 0 Å². The minimum absolute atomic E-state index is 0.254. The van der Waals surface area contributed by atoms with Gasteiger partial charge in [-0.2, -0.15) is 0 Å². The number of nitrogens with two attached hydrogens (primary N) is 1. The van der Waals surface area contributed by atoms with Crippen LogP contribution in [0.4, 0.5) is 8.78 Å². The molecule has 1 rings (SSSR count). The molecule has 0 fully saturated rings. The van der Waals surface area contributed by atoms with Crippen LogP contribution in [0.1, 0.15) is 30.1 Å². The van der Waals surface area contributed by atoms with Crippen molar-refractivity contribution in [1.29, 1.82) is 0 Å². The lowest BCUT2D eigenvalue weighted by atomic mass is 10.1. The highest BCUT2D eigenvalue weighted by molar-refractivity contribution is 5.67. The van der Waals surface area contributed by atoms with E-state index in [9.17, 15) is 13.6 Å². The van der Waals surface area contributed by atoms with Crippen molar-refractivity contribution in [1.82, 2.24) is 4.98 Å². The molecule has 0 aliphatic rings. The van der Waals surface area contributed by atoms with Gasteiger partial charge in [0.2, 0.25) is 0 Å². The Morgan fingerprint density at radius 2 is 2.20 bits per heavy atom. The second-order valence-electron chi connectivity index (χ2n) is 3.02. The molecule has 0 bridgehead atoms. The Morgan fingerprint density at radius 1 is 1.53 bits per heavy atom. The molecular formula is C9H10F2N2O2. The molecule has 1 heterocycles. The van der Waals surface area contributed by atoms with Gasteiger partial charge in [-0.1, -0.05) is 6.07 Å². The van der Waals surface area contributed by atoms with E-state index in [1.807, 2.05) is 0 Å². The number of nitrogens with zero attached hydrogens (tertiary/aromatic N) is 1. The van der Waals surface area contributed by atoms with E-state index in [4.69, 9.17) is 10.8 Å². The number of aromatic nitrogens is 1. The molecule has 0 amide bonds. The Hall–Kier alpha value is -1.56. The number of carboxylic acids is 1. The third-order valence-electron chi connectivity index (χ3n) is 1.86. The lowest BCUT2D eigenvalue weighted by Crippen LogP contribution is -2.15. The van der Waals surface area contributed by atoms with Crippen LogP contribution < -0.4 is 5.73 Å². The van der Waals surface area contributed by atoms with E-state index in [0.717, 1.165) is 6.07 Å². The molecule has 4 nitrogen and oxygen atoms in total. The molecule has 0 radical (unpaired) electrons. The zero-order chi connectivity index (χ0) is 11.4. The number of hydrogen-bond donors (Lipinski definition) is 2. The Morgan fingerprint density at radius 3 is 2.60 bits per heavy atom. The zero-order valence-electron chi connectivity index (χ0n) is 7.73. The minimum atomic E-state index is -2.63. The van der Waals surface area contributed by atoms with E-state index in [0.29, 0.717) is 5.56 Å². The smallest absolute Gasteiger partial charge is 0.305 e. The van der Waals surface area contributed by atoms with Crippen LogP contribution >= 0.6 is 0 Å². The molecule has 0 saturated carbocycles. The summed E-state index contributed by atoms with van der Waals surface area (Å²) < 4.78 is 24.2. The number of pyridine rings is 1. The first kappa shape index (κ1) is 11.5. The van der Waals surface area contributed by atoms with E-state index in [2.05, 4.69) is 4.98 Å². The number of carboxylic acid groups (broad SMARTS) is 1. The maximum absolute atomic E-state index is 12.1. The van der Waals surface area contributed by atoms with Crippen molar-refractivity contribution in [3.05, 3.63) is 29.6 Å². The molecule has 1 atom stereocenters. The van der Waals surface area contributed by atoms with Gasteiger partial charge in [0.25, 0.3) is 6.43 Å². The van der Waals surface area contributed by atoms with Crippen molar-refractivity contribution in [2.24, 2.45) is 5.73 Å². The van der Waals surface area contributed by atoms with E-state index < -0.39 is 18.4 Å². The highest BCUT2D eigenvalue weighted by Gasteiger charge is 2.13. The topological polar surface area (TPSA) is 76.2 Å². The van der Waals surface area contributed by atoms with Gasteiger partial charge in [0.1, 0.15) is 5.69 Å². The van der Waals surface area contributed by atoms with Crippen LogP contribution in [0.15, 0.2) is 18.3 Å². The van der Waals surface area contributed by atoms with Gasteiger partial charge in [-0.15, -0.1) is 0 Å². The van der Waals surface area contributed by atoms with E-state index in [-0.39, 0.29) is 12.1 Å². The summed E-state index contributed by atoms with van der Waals surface area (Å²) in [4.78, 5) is 13.8. The fraction of sp³-hybridized carbons (Fsp3) is 0.333. The number of rotatable bonds is 4. The lowest BCUT2D eigenvalue weighted by molar-refractivity contribution is -0.137. The number of aliphatic carboxylic acids is 1. The molecule has 0 aliphatic heterocycles. The second-order valence-corrected chi connectivity index (χ2v) is 3.02. The molecule has 15 heavy (non-hydrogen) atoms. The van der Waals surface area contributed by atoms with Gasteiger partial charge in [0.15, 0.2) is 0 Å². The Balaban J connectivity index is 2.75. The van der Waals surface area contributed by atoms with E-state index in [1.165, 1.54) is 12.3 Å². The summed E-state index contributed by atoms with van der Waals surface area (Å²) in [6.07, 6.45) is -1.71. The summed E-state index contributed by atoms with van der Waals surface area (Å²) in [6, 6.07) is 1.78. The first-order valence-corrected chi connectivity index (χ1v) is 4.22. The fourth-order valence-electron chi connectivity index (χ4n) is 1.07. The average molecular weight is 216 g/mol. The Labute approximate surface area is 84.7 Å². The molecule has 1 aromatic rings. The van der Waals surface area contributed by atoms with Crippen LogP contribution in [0.3, 0.4) is 0 Å². The number of carbonyl (C=O) groups is 1. The molecule has 0 saturated heterocycles. The molecule has 0 spiro atoms. The highest BCUT2D eigenvalue weighted by Crippen LogP contribution is 2.18. The van der Waals surface area contributed by atoms with Gasteiger partial charge >= 0.3 is 5.97 Å². The predicted molar refractivity (Wildman–Crippen MR) is 48.4 cm³/mol. The molecule has 3 N–H and O–H groups in total. The zero-order valence-corrected chi connectivity index (χ0v) is 7.73. The second kappa shape index (κ2) is 4.79. The van der Waals surface area contributed by atoms with Crippen LogP contribution in [0.5, 0.6) is 0 Å². The van der Waals surface area contributed by atoms with Gasteiger partial charge in [-0.3, -0.25) is 9.78 Å². The quantitative estimate of drug-likeness (QED) is 0.799. The number of alkyl halides is 2. The maximum Gasteiger partial charge on any atom is 0.305 e. The molecule has 0 aromatic carbocycles. The molecule has 82 valence electrons. The van der Waals surface area contributed by atoms with Gasteiger partial charge in [0, 0.05) is 12.2 Å². The van der Waals surface area contributed by atoms with Gasteiger partial charge < -0.3 is 10.8 Å². The van der Waals surface area contributed by atoms with Crippen LogP contribution in [0.2, 0.25) is 0 Å². The average Bonchev–Trinajstić information content (AvgIpc) is 2.17. The Bertz CT molecular complexity index is 340. The van der Waals surface area contributed by atoms with Gasteiger partial charge in [0.05, 0.1) is 6.42 Å². The van der Waals surface area contributed by atoms with Crippen molar-refractivity contribution in [2.45, 2.75) is 18.9 Å². The summed E-state index contributed by atoms with van der Waals surface area (Å²) in [5.41, 5.74) is 5.60. The van der Waals surface area contributed by atoms with Gasteiger partial charge in [-0.05, 0) is 11.6 Å². The summed E-state index contributed by atoms with van der Waals surface area (Å²) >= 11 is 0. The van der Waals surface area contributed by atoms with Crippen molar-refractivity contribution in [3.8, 4) is 0 Å². The first-order valence-electron chi connectivity index (χ1n) is 4.22. The number of halogens is 2. The number of hydrogen-bond acceptors (Lipinski definition) is 3. The fourth-order valence-corrected chi connectivity index (χ4v) is 1.07. The molecular weight excluding hydrogens is 206 g/mol. The van der Waals surface area contributed by atoms with E-state index >= 15 is 0 Å². The van der Waals surface area contributed by atoms with Crippen molar-refractivity contribution in [3.63, 3.8) is 0 Å². The predicted octanol–water partition coefficient (Wildman–Crippen LogP) is 1.49. The van der Waals surface area contributed by atoms with Crippen LogP contribution in [-0.2, 0) is 4.79 Å². The van der Waals surface area contributed by atoms with Crippen LogP contribution in [-0.4, -0.2) is 16.1 Å². The third kappa shape index (κ3) is 3.25. The highest BCUT2D eigenvalue weighted by atomic mass is 19.3. The standard InChI is InChI=1S/C9H10F2N2O2/c10-9(11)7-2-1-5(4-13-7)6(12)3-8(14)15/h1-2,4,6,9H,3,12H2,(H,14,15). The summed E-state index contributed by atoms with van der Waals surface area (Å²) in [6.45, 7) is 0. The van der Waals surface area contributed by atoms with Gasteiger partial charge in [-0.25, -0.2) is 8.78 Å². The lowest BCUT2D eigenvalue weighted by Gasteiger charge is -2.09. The van der Waals surface area contributed by atoms with Crippen molar-refractivity contribution in [2.75, 3.05) is 0 Å².